The van der Waals surface area contributed by atoms with E-state index < -0.39 is 0 Å². The predicted molar refractivity (Wildman–Crippen MR) is 114 cm³/mol. The summed E-state index contributed by atoms with van der Waals surface area (Å²) < 4.78 is 2.00. The Morgan fingerprint density at radius 1 is 1.17 bits per heavy atom. The van der Waals surface area contributed by atoms with Crippen LogP contribution in [0.3, 0.4) is 0 Å². The van der Waals surface area contributed by atoms with Crippen LogP contribution in [0.1, 0.15) is 42.4 Å². The highest BCUT2D eigenvalue weighted by Crippen LogP contribution is 2.29. The first kappa shape index (κ1) is 19.2. The number of nitrogens with zero attached hydrogens (tertiary/aromatic N) is 2. The van der Waals surface area contributed by atoms with E-state index in [0.717, 1.165) is 41.5 Å². The Kier molecular flexibility index (Phi) is 5.60. The quantitative estimate of drug-likeness (QED) is 0.645. The van der Waals surface area contributed by atoms with Crippen molar-refractivity contribution in [3.8, 4) is 0 Å². The fourth-order valence-electron chi connectivity index (χ4n) is 3.73. The third-order valence-electron chi connectivity index (χ3n) is 5.59. The Labute approximate surface area is 170 Å². The van der Waals surface area contributed by atoms with Gasteiger partial charge < -0.3 is 15.2 Å². The largest absolute Gasteiger partial charge is 0.350 e. The molecule has 0 radical (unpaired) electrons. The van der Waals surface area contributed by atoms with Crippen molar-refractivity contribution >= 4 is 28.4 Å². The zero-order valence-corrected chi connectivity index (χ0v) is 16.6. The van der Waals surface area contributed by atoms with Crippen LogP contribution in [0.25, 0.3) is 10.9 Å². The number of carbonyl (C=O) groups is 2. The van der Waals surface area contributed by atoms with E-state index >= 15 is 0 Å². The number of carbonyl (C=O) groups excluding carboxylic acids is 2. The molecule has 3 aromatic rings. The van der Waals surface area contributed by atoms with Crippen molar-refractivity contribution in [3.05, 3.63) is 60.0 Å². The molecule has 0 unspecified atom stereocenters. The molecule has 2 amide bonds. The number of hydrogen-bond donors (Lipinski definition) is 2. The number of pyridine rings is 1. The molecule has 0 bridgehead atoms. The highest BCUT2D eigenvalue weighted by molar-refractivity contribution is 6.01. The van der Waals surface area contributed by atoms with E-state index in [1.54, 1.807) is 6.20 Å². The minimum Gasteiger partial charge on any atom is -0.350 e. The molecule has 1 fully saturated rings. The van der Waals surface area contributed by atoms with Crippen LogP contribution in [-0.2, 0) is 17.8 Å². The molecule has 0 saturated heterocycles. The lowest BCUT2D eigenvalue weighted by atomic mass is 9.85. The van der Waals surface area contributed by atoms with Crippen LogP contribution < -0.4 is 10.6 Å². The highest BCUT2D eigenvalue weighted by atomic mass is 16.2. The van der Waals surface area contributed by atoms with Crippen LogP contribution in [0.4, 0.5) is 5.69 Å². The number of aryl methyl sites for hydroxylation is 1. The van der Waals surface area contributed by atoms with Crippen LogP contribution in [0.15, 0.2) is 48.7 Å². The van der Waals surface area contributed by atoms with Gasteiger partial charge in [-0.3, -0.25) is 14.6 Å². The smallest absolute Gasteiger partial charge is 0.267 e. The fourth-order valence-corrected chi connectivity index (χ4v) is 3.73. The Hall–Kier alpha value is -3.15. The first-order valence-electron chi connectivity index (χ1n) is 10.3. The molecule has 2 heterocycles. The summed E-state index contributed by atoms with van der Waals surface area (Å²) in [5.74, 6) is 0.142. The van der Waals surface area contributed by atoms with Gasteiger partial charge in [-0.2, -0.15) is 0 Å². The number of hydrogen-bond acceptors (Lipinski definition) is 3. The number of nitrogens with one attached hydrogen (secondary N) is 2. The molecule has 6 heteroatoms. The molecule has 1 aliphatic carbocycles. The van der Waals surface area contributed by atoms with Crippen molar-refractivity contribution in [1.29, 1.82) is 0 Å². The van der Waals surface area contributed by atoms with Crippen molar-refractivity contribution in [1.82, 2.24) is 14.9 Å². The van der Waals surface area contributed by atoms with Gasteiger partial charge in [0.15, 0.2) is 0 Å². The molecule has 0 atom stereocenters. The summed E-state index contributed by atoms with van der Waals surface area (Å²) in [4.78, 5) is 29.3. The SMILES string of the molecule is CCn1c(C(=O)NCCc2ccccn2)cc2cc(NC(=O)C3CCC3)ccc21. The summed E-state index contributed by atoms with van der Waals surface area (Å²) in [5, 5.41) is 6.95. The third-order valence-corrected chi connectivity index (χ3v) is 5.59. The first-order valence-corrected chi connectivity index (χ1v) is 10.3. The van der Waals surface area contributed by atoms with Gasteiger partial charge in [-0.15, -0.1) is 0 Å². The zero-order valence-electron chi connectivity index (χ0n) is 16.6. The lowest BCUT2D eigenvalue weighted by Crippen LogP contribution is -2.28. The van der Waals surface area contributed by atoms with Gasteiger partial charge >= 0.3 is 0 Å². The third kappa shape index (κ3) is 4.16. The van der Waals surface area contributed by atoms with Crippen LogP contribution in [-0.4, -0.2) is 27.9 Å². The van der Waals surface area contributed by atoms with Gasteiger partial charge in [0.1, 0.15) is 5.69 Å². The summed E-state index contributed by atoms with van der Waals surface area (Å²) in [6.07, 6.45) is 5.53. The molecule has 29 heavy (non-hydrogen) atoms. The van der Waals surface area contributed by atoms with E-state index in [2.05, 4.69) is 15.6 Å². The van der Waals surface area contributed by atoms with Crippen LogP contribution in [0.2, 0.25) is 0 Å². The first-order chi connectivity index (χ1) is 14.2. The minimum absolute atomic E-state index is 0.0954. The summed E-state index contributed by atoms with van der Waals surface area (Å²) in [6, 6.07) is 13.5. The second kappa shape index (κ2) is 8.47. The Morgan fingerprint density at radius 2 is 2.03 bits per heavy atom. The predicted octanol–water partition coefficient (Wildman–Crippen LogP) is 3.77. The normalized spacial score (nSPS) is 13.8. The van der Waals surface area contributed by atoms with Gasteiger partial charge in [0.05, 0.1) is 0 Å². The summed E-state index contributed by atoms with van der Waals surface area (Å²) in [5.41, 5.74) is 3.36. The van der Waals surface area contributed by atoms with Crippen LogP contribution >= 0.6 is 0 Å². The molecule has 1 aromatic carbocycles. The van der Waals surface area contributed by atoms with Crippen molar-refractivity contribution in [2.75, 3.05) is 11.9 Å². The van der Waals surface area contributed by atoms with E-state index in [4.69, 9.17) is 0 Å². The number of rotatable bonds is 7. The molecule has 2 N–H and O–H groups in total. The van der Waals surface area contributed by atoms with E-state index in [0.29, 0.717) is 25.2 Å². The van der Waals surface area contributed by atoms with Gasteiger partial charge in [-0.25, -0.2) is 0 Å². The number of benzene rings is 1. The molecule has 2 aromatic heterocycles. The van der Waals surface area contributed by atoms with Gasteiger partial charge in [0.2, 0.25) is 5.91 Å². The topological polar surface area (TPSA) is 76.0 Å². The molecule has 0 aliphatic heterocycles. The Bertz CT molecular complexity index is 1020. The van der Waals surface area contributed by atoms with Crippen molar-refractivity contribution in [2.24, 2.45) is 5.92 Å². The maximum atomic E-state index is 12.8. The van der Waals surface area contributed by atoms with Crippen molar-refractivity contribution in [2.45, 2.75) is 39.2 Å². The molecule has 1 saturated carbocycles. The number of fused-ring (bicyclic) bond motifs is 1. The molecule has 6 nitrogen and oxygen atoms in total. The average molecular weight is 390 g/mol. The molecule has 0 spiro atoms. The molecular weight excluding hydrogens is 364 g/mol. The summed E-state index contributed by atoms with van der Waals surface area (Å²) in [7, 11) is 0. The van der Waals surface area contributed by atoms with E-state index in [1.165, 1.54) is 0 Å². The summed E-state index contributed by atoms with van der Waals surface area (Å²) in [6.45, 7) is 3.25. The average Bonchev–Trinajstić information content (AvgIpc) is 3.05. The molecule has 150 valence electrons. The second-order valence-electron chi connectivity index (χ2n) is 7.49. The molecule has 4 rings (SSSR count). The zero-order chi connectivity index (χ0) is 20.2. The summed E-state index contributed by atoms with van der Waals surface area (Å²) >= 11 is 0. The standard InChI is InChI=1S/C23H26N4O2/c1-2-27-20-10-9-19(26-22(28)16-6-5-7-16)14-17(20)15-21(27)23(29)25-13-11-18-8-3-4-12-24-18/h3-4,8-10,12,14-16H,2,5-7,11,13H2,1H3,(H,25,29)(H,26,28). The lowest BCUT2D eigenvalue weighted by molar-refractivity contribution is -0.122. The minimum atomic E-state index is -0.0981. The Balaban J connectivity index is 1.47. The molecule has 1 aliphatic rings. The fraction of sp³-hybridized carbons (Fsp3) is 0.348. The maximum Gasteiger partial charge on any atom is 0.267 e. The van der Waals surface area contributed by atoms with Gasteiger partial charge in [-0.05, 0) is 56.2 Å². The lowest BCUT2D eigenvalue weighted by Gasteiger charge is -2.24. The van der Waals surface area contributed by atoms with Crippen LogP contribution in [0.5, 0.6) is 0 Å². The van der Waals surface area contributed by atoms with E-state index in [-0.39, 0.29) is 17.7 Å². The van der Waals surface area contributed by atoms with E-state index in [1.807, 2.05) is 54.0 Å². The number of aromatic nitrogens is 2. The highest BCUT2D eigenvalue weighted by Gasteiger charge is 2.25. The van der Waals surface area contributed by atoms with Gasteiger partial charge in [0.25, 0.3) is 5.91 Å². The maximum absolute atomic E-state index is 12.8. The van der Waals surface area contributed by atoms with E-state index in [9.17, 15) is 9.59 Å². The number of anilines is 1. The van der Waals surface area contributed by atoms with Gasteiger partial charge in [-0.1, -0.05) is 12.5 Å². The number of amides is 2. The second-order valence-corrected chi connectivity index (χ2v) is 7.49. The van der Waals surface area contributed by atoms with Gasteiger partial charge in [0, 0.05) is 53.9 Å². The monoisotopic (exact) mass is 390 g/mol. The van der Waals surface area contributed by atoms with Crippen LogP contribution in [0, 0.1) is 5.92 Å². The van der Waals surface area contributed by atoms with Crippen molar-refractivity contribution in [3.63, 3.8) is 0 Å². The molecular formula is C23H26N4O2. The Morgan fingerprint density at radius 3 is 2.72 bits per heavy atom. The van der Waals surface area contributed by atoms with Crippen molar-refractivity contribution < 1.29 is 9.59 Å².